The van der Waals surface area contributed by atoms with Crippen LogP contribution in [0, 0.1) is 0 Å². The third-order valence-corrected chi connectivity index (χ3v) is 4.47. The zero-order valence-corrected chi connectivity index (χ0v) is 13.6. The number of piperazine rings is 1. The van der Waals surface area contributed by atoms with Crippen LogP contribution in [0.1, 0.15) is 36.5 Å². The maximum absolute atomic E-state index is 12.9. The number of hydrogen-bond acceptors (Lipinski definition) is 3. The maximum atomic E-state index is 12.9. The second kappa shape index (κ2) is 6.40. The van der Waals surface area contributed by atoms with Crippen molar-refractivity contribution in [2.75, 3.05) is 20.1 Å². The molecule has 23 heavy (non-hydrogen) atoms. The molecule has 1 saturated heterocycles. The van der Waals surface area contributed by atoms with Crippen molar-refractivity contribution in [3.05, 3.63) is 30.1 Å². The van der Waals surface area contributed by atoms with Crippen LogP contribution in [0.2, 0.25) is 0 Å². The van der Waals surface area contributed by atoms with Crippen molar-refractivity contribution < 1.29 is 9.59 Å². The van der Waals surface area contributed by atoms with E-state index >= 15 is 0 Å². The van der Waals surface area contributed by atoms with E-state index < -0.39 is 0 Å². The highest BCUT2D eigenvalue weighted by molar-refractivity contribution is 6.00. The van der Waals surface area contributed by atoms with Gasteiger partial charge < -0.3 is 14.8 Å². The number of hydrogen-bond donors (Lipinski definition) is 1. The molecule has 1 fully saturated rings. The molecule has 2 amide bonds. The highest BCUT2D eigenvalue weighted by Crippen LogP contribution is 2.20. The van der Waals surface area contributed by atoms with Gasteiger partial charge in [-0.1, -0.05) is 19.8 Å². The van der Waals surface area contributed by atoms with Gasteiger partial charge in [0.15, 0.2) is 0 Å². The normalized spacial score (nSPS) is 18.7. The zero-order chi connectivity index (χ0) is 16.4. The molecule has 1 atom stereocenters. The second-order valence-corrected chi connectivity index (χ2v) is 6.05. The molecule has 2 heterocycles. The predicted octanol–water partition coefficient (Wildman–Crippen LogP) is 2.04. The summed E-state index contributed by atoms with van der Waals surface area (Å²) < 4.78 is 0. The van der Waals surface area contributed by atoms with Crippen LogP contribution in [-0.4, -0.2) is 57.8 Å². The van der Waals surface area contributed by atoms with E-state index in [0.717, 1.165) is 30.3 Å². The van der Waals surface area contributed by atoms with Crippen LogP contribution in [0.5, 0.6) is 0 Å². The van der Waals surface area contributed by atoms with Crippen molar-refractivity contribution in [1.82, 2.24) is 19.8 Å². The molecule has 0 aliphatic carbocycles. The van der Waals surface area contributed by atoms with E-state index in [0.29, 0.717) is 18.7 Å². The summed E-state index contributed by atoms with van der Waals surface area (Å²) in [7, 11) is 1.81. The third kappa shape index (κ3) is 2.93. The highest BCUT2D eigenvalue weighted by Gasteiger charge is 2.35. The molecule has 1 aliphatic heterocycles. The minimum atomic E-state index is -0.348. The second-order valence-electron chi connectivity index (χ2n) is 6.05. The number of fused-ring (bicyclic) bond motifs is 1. The first-order chi connectivity index (χ1) is 11.1. The van der Waals surface area contributed by atoms with Gasteiger partial charge in [-0.3, -0.25) is 9.59 Å². The summed E-state index contributed by atoms with van der Waals surface area (Å²) in [5, 5.41) is 0. The fourth-order valence-corrected chi connectivity index (χ4v) is 3.07. The number of amides is 2. The van der Waals surface area contributed by atoms with Crippen LogP contribution in [0.3, 0.4) is 0 Å². The van der Waals surface area contributed by atoms with Crippen LogP contribution >= 0.6 is 0 Å². The number of benzene rings is 1. The van der Waals surface area contributed by atoms with Crippen LogP contribution in [0.15, 0.2) is 24.5 Å². The number of likely N-dealkylation sites (N-methyl/N-ethyl adjacent to an activating group) is 1. The van der Waals surface area contributed by atoms with Crippen molar-refractivity contribution in [2.24, 2.45) is 0 Å². The van der Waals surface area contributed by atoms with Gasteiger partial charge in [0.25, 0.3) is 5.91 Å². The van der Waals surface area contributed by atoms with Gasteiger partial charge in [-0.05, 0) is 24.6 Å². The molecule has 0 bridgehead atoms. The molecule has 1 aromatic carbocycles. The summed E-state index contributed by atoms with van der Waals surface area (Å²) >= 11 is 0. The number of rotatable bonds is 4. The molecule has 0 spiro atoms. The van der Waals surface area contributed by atoms with E-state index in [-0.39, 0.29) is 17.9 Å². The number of imidazole rings is 1. The molecule has 2 aromatic rings. The summed E-state index contributed by atoms with van der Waals surface area (Å²) in [6, 6.07) is 5.08. The lowest BCUT2D eigenvalue weighted by Gasteiger charge is -2.39. The Kier molecular flexibility index (Phi) is 4.32. The molecule has 1 N–H and O–H groups in total. The third-order valence-electron chi connectivity index (χ3n) is 4.47. The molecular formula is C17H22N4O2. The molecule has 1 aromatic heterocycles. The van der Waals surface area contributed by atoms with Crippen LogP contribution in [0.4, 0.5) is 0 Å². The van der Waals surface area contributed by atoms with Crippen LogP contribution in [-0.2, 0) is 4.79 Å². The van der Waals surface area contributed by atoms with Crippen molar-refractivity contribution in [1.29, 1.82) is 0 Å². The van der Waals surface area contributed by atoms with E-state index in [9.17, 15) is 9.59 Å². The minimum absolute atomic E-state index is 0.0423. The van der Waals surface area contributed by atoms with E-state index in [1.54, 1.807) is 29.2 Å². The van der Waals surface area contributed by atoms with Gasteiger partial charge in [-0.25, -0.2) is 4.98 Å². The molecule has 122 valence electrons. The van der Waals surface area contributed by atoms with Gasteiger partial charge in [0.1, 0.15) is 6.04 Å². The number of carbonyl (C=O) groups is 2. The summed E-state index contributed by atoms with van der Waals surface area (Å²) in [6.07, 6.45) is 4.28. The number of nitrogens with one attached hydrogen (secondary N) is 1. The quantitative estimate of drug-likeness (QED) is 0.939. The van der Waals surface area contributed by atoms with Gasteiger partial charge in [0, 0.05) is 25.7 Å². The summed E-state index contributed by atoms with van der Waals surface area (Å²) in [5.41, 5.74) is 2.26. The Labute approximate surface area is 135 Å². The highest BCUT2D eigenvalue weighted by atomic mass is 16.2. The topological polar surface area (TPSA) is 69.3 Å². The number of carbonyl (C=O) groups excluding carboxylic acids is 2. The molecule has 0 saturated carbocycles. The first-order valence-electron chi connectivity index (χ1n) is 8.11. The molecule has 1 aliphatic rings. The summed E-state index contributed by atoms with van der Waals surface area (Å²) in [6.45, 7) is 3.26. The molecule has 6 nitrogen and oxygen atoms in total. The molecular weight excluding hydrogens is 292 g/mol. The lowest BCUT2D eigenvalue weighted by Crippen LogP contribution is -2.57. The van der Waals surface area contributed by atoms with Gasteiger partial charge in [0.05, 0.1) is 17.4 Å². The monoisotopic (exact) mass is 314 g/mol. The van der Waals surface area contributed by atoms with E-state index in [2.05, 4.69) is 16.9 Å². The lowest BCUT2D eigenvalue weighted by atomic mass is 10.0. The van der Waals surface area contributed by atoms with Crippen molar-refractivity contribution in [3.63, 3.8) is 0 Å². The Morgan fingerprint density at radius 1 is 1.39 bits per heavy atom. The number of unbranched alkanes of at least 4 members (excludes halogenated alkanes) is 1. The van der Waals surface area contributed by atoms with Crippen molar-refractivity contribution >= 4 is 22.8 Å². The van der Waals surface area contributed by atoms with Gasteiger partial charge in [-0.15, -0.1) is 0 Å². The van der Waals surface area contributed by atoms with Gasteiger partial charge >= 0.3 is 0 Å². The SMILES string of the molecule is CCCCC1C(=O)N(C)CCN1C(=O)c1ccc2nc[nH]c2c1. The standard InChI is InChI=1S/C17H22N4O2/c1-3-4-5-15-17(23)20(2)8-9-21(15)16(22)12-6-7-13-14(10-12)19-11-18-13/h6-7,10-11,15H,3-5,8-9H2,1-2H3,(H,18,19). The van der Waals surface area contributed by atoms with E-state index in [4.69, 9.17) is 0 Å². The number of aromatic amines is 1. The summed E-state index contributed by atoms with van der Waals surface area (Å²) in [4.78, 5) is 36.0. The summed E-state index contributed by atoms with van der Waals surface area (Å²) in [5.74, 6) is -0.0373. The largest absolute Gasteiger partial charge is 0.345 e. The molecule has 6 heteroatoms. The van der Waals surface area contributed by atoms with Crippen molar-refractivity contribution in [3.8, 4) is 0 Å². The molecule has 0 radical (unpaired) electrons. The van der Waals surface area contributed by atoms with Crippen LogP contribution < -0.4 is 0 Å². The Bertz CT molecular complexity index is 724. The van der Waals surface area contributed by atoms with Gasteiger partial charge in [-0.2, -0.15) is 0 Å². The Hall–Kier alpha value is -2.37. The Morgan fingerprint density at radius 3 is 3.00 bits per heavy atom. The first kappa shape index (κ1) is 15.5. The van der Waals surface area contributed by atoms with Crippen molar-refractivity contribution in [2.45, 2.75) is 32.2 Å². The maximum Gasteiger partial charge on any atom is 0.254 e. The Morgan fingerprint density at radius 2 is 2.22 bits per heavy atom. The van der Waals surface area contributed by atoms with Gasteiger partial charge in [0.2, 0.25) is 5.91 Å². The number of nitrogens with zero attached hydrogens (tertiary/aromatic N) is 3. The fraction of sp³-hybridized carbons (Fsp3) is 0.471. The predicted molar refractivity (Wildman–Crippen MR) is 88.1 cm³/mol. The Balaban J connectivity index is 1.87. The van der Waals surface area contributed by atoms with E-state index in [1.165, 1.54) is 0 Å². The average molecular weight is 314 g/mol. The molecule has 3 rings (SSSR count). The first-order valence-corrected chi connectivity index (χ1v) is 8.11. The zero-order valence-electron chi connectivity index (χ0n) is 13.6. The molecule has 1 unspecified atom stereocenters. The fourth-order valence-electron chi connectivity index (χ4n) is 3.07. The smallest absolute Gasteiger partial charge is 0.254 e. The minimum Gasteiger partial charge on any atom is -0.345 e. The lowest BCUT2D eigenvalue weighted by molar-refractivity contribution is -0.138. The number of aromatic nitrogens is 2. The van der Waals surface area contributed by atoms with E-state index in [1.807, 2.05) is 12.1 Å². The van der Waals surface area contributed by atoms with Crippen LogP contribution in [0.25, 0.3) is 11.0 Å². The number of H-pyrrole nitrogens is 1. The average Bonchev–Trinajstić information content (AvgIpc) is 3.03.